The molecule has 0 saturated carbocycles. The summed E-state index contributed by atoms with van der Waals surface area (Å²) >= 11 is 1.33. The van der Waals surface area contributed by atoms with Gasteiger partial charge >= 0.3 is 0 Å². The van der Waals surface area contributed by atoms with Crippen LogP contribution in [0.1, 0.15) is 34.0 Å². The number of nitrogens with zero attached hydrogens (tertiary/aromatic N) is 1. The molecule has 0 unspecified atom stereocenters. The molecule has 2 heterocycles. The molecule has 0 atom stereocenters. The molecule has 0 saturated heterocycles. The zero-order chi connectivity index (χ0) is 16.2. The summed E-state index contributed by atoms with van der Waals surface area (Å²) in [6, 6.07) is 6.84. The van der Waals surface area contributed by atoms with Crippen molar-refractivity contribution < 1.29 is 13.2 Å². The van der Waals surface area contributed by atoms with Crippen LogP contribution in [0.2, 0.25) is 0 Å². The van der Waals surface area contributed by atoms with E-state index < -0.39 is 15.9 Å². The van der Waals surface area contributed by atoms with E-state index in [-0.39, 0.29) is 5.75 Å². The Balaban J connectivity index is 2.03. The van der Waals surface area contributed by atoms with Gasteiger partial charge in [0.2, 0.25) is 10.0 Å². The van der Waals surface area contributed by atoms with Gasteiger partial charge in [0, 0.05) is 17.3 Å². The quantitative estimate of drug-likeness (QED) is 0.878. The number of aromatic nitrogens is 1. The molecule has 0 radical (unpaired) electrons. The van der Waals surface area contributed by atoms with Crippen molar-refractivity contribution in [2.24, 2.45) is 5.92 Å². The highest BCUT2D eigenvalue weighted by Gasteiger charge is 2.18. The first-order valence-electron chi connectivity index (χ1n) is 6.88. The second-order valence-corrected chi connectivity index (χ2v) is 8.31. The third-order valence-electron chi connectivity index (χ3n) is 2.82. The number of pyridine rings is 1. The van der Waals surface area contributed by atoms with Crippen LogP contribution in [0.25, 0.3) is 0 Å². The van der Waals surface area contributed by atoms with Crippen molar-refractivity contribution >= 4 is 27.3 Å². The third kappa shape index (κ3) is 4.92. The van der Waals surface area contributed by atoms with Crippen LogP contribution >= 0.6 is 11.3 Å². The molecule has 2 aromatic rings. The second kappa shape index (κ2) is 7.02. The lowest BCUT2D eigenvalue weighted by atomic mass is 10.1. The van der Waals surface area contributed by atoms with E-state index in [1.807, 2.05) is 6.07 Å². The van der Waals surface area contributed by atoms with Gasteiger partial charge in [-0.25, -0.2) is 13.1 Å². The maximum absolute atomic E-state index is 12.1. The molecule has 1 amide bonds. The number of sulfonamides is 1. The first kappa shape index (κ1) is 16.6. The Kier molecular flexibility index (Phi) is 5.31. The standard InChI is InChI=1S/C15H18N2O3S2/c1-11(2)8-13-5-6-14(21-13)15(18)17-22(19,20)10-12-4-3-7-16-9-12/h3-7,9,11H,8,10H2,1-2H3,(H,17,18). The Bertz CT molecular complexity index is 737. The average molecular weight is 338 g/mol. The number of carbonyl (C=O) groups is 1. The SMILES string of the molecule is CC(C)Cc1ccc(C(=O)NS(=O)(=O)Cc2cccnc2)s1. The van der Waals surface area contributed by atoms with E-state index in [0.717, 1.165) is 11.3 Å². The normalized spacial score (nSPS) is 11.6. The molecule has 2 aromatic heterocycles. The van der Waals surface area contributed by atoms with Crippen LogP contribution < -0.4 is 4.72 Å². The van der Waals surface area contributed by atoms with Crippen molar-refractivity contribution in [2.75, 3.05) is 0 Å². The van der Waals surface area contributed by atoms with Crippen molar-refractivity contribution in [1.82, 2.24) is 9.71 Å². The molecule has 2 rings (SSSR count). The second-order valence-electron chi connectivity index (χ2n) is 5.42. The zero-order valence-corrected chi connectivity index (χ0v) is 14.1. The van der Waals surface area contributed by atoms with E-state index >= 15 is 0 Å². The van der Waals surface area contributed by atoms with Gasteiger partial charge in [-0.15, -0.1) is 11.3 Å². The summed E-state index contributed by atoms with van der Waals surface area (Å²) in [7, 11) is -3.73. The highest BCUT2D eigenvalue weighted by molar-refractivity contribution is 7.89. The Labute approximate surface area is 134 Å². The number of thiophene rings is 1. The van der Waals surface area contributed by atoms with Crippen LogP contribution in [-0.2, 0) is 22.2 Å². The maximum atomic E-state index is 12.1. The van der Waals surface area contributed by atoms with E-state index in [2.05, 4.69) is 23.6 Å². The van der Waals surface area contributed by atoms with Crippen molar-refractivity contribution in [3.8, 4) is 0 Å². The molecule has 118 valence electrons. The zero-order valence-electron chi connectivity index (χ0n) is 12.4. The number of hydrogen-bond acceptors (Lipinski definition) is 5. The monoisotopic (exact) mass is 338 g/mol. The largest absolute Gasteiger partial charge is 0.274 e. The molecule has 7 heteroatoms. The Morgan fingerprint density at radius 3 is 2.73 bits per heavy atom. The molecule has 0 aliphatic carbocycles. The maximum Gasteiger partial charge on any atom is 0.274 e. The van der Waals surface area contributed by atoms with Gasteiger partial charge in [0.25, 0.3) is 5.91 Å². The van der Waals surface area contributed by atoms with Crippen molar-refractivity contribution in [1.29, 1.82) is 0 Å². The first-order chi connectivity index (χ1) is 10.4. The van der Waals surface area contributed by atoms with Crippen LogP contribution in [0, 0.1) is 5.92 Å². The lowest BCUT2D eigenvalue weighted by Crippen LogP contribution is -2.31. The highest BCUT2D eigenvalue weighted by Crippen LogP contribution is 2.20. The van der Waals surface area contributed by atoms with Gasteiger partial charge in [0.15, 0.2) is 0 Å². The molecule has 1 N–H and O–H groups in total. The fourth-order valence-corrected chi connectivity index (χ4v) is 4.20. The van der Waals surface area contributed by atoms with E-state index in [9.17, 15) is 13.2 Å². The third-order valence-corrected chi connectivity index (χ3v) is 5.14. The molecule has 0 spiro atoms. The van der Waals surface area contributed by atoms with Crippen LogP contribution in [-0.4, -0.2) is 19.3 Å². The predicted octanol–water partition coefficient (Wildman–Crippen LogP) is 2.60. The summed E-state index contributed by atoms with van der Waals surface area (Å²) in [5, 5.41) is 0. The number of hydrogen-bond donors (Lipinski definition) is 1. The Morgan fingerprint density at radius 1 is 1.32 bits per heavy atom. The van der Waals surface area contributed by atoms with Gasteiger partial charge in [-0.3, -0.25) is 9.78 Å². The molecular weight excluding hydrogens is 320 g/mol. The summed E-state index contributed by atoms with van der Waals surface area (Å²) < 4.78 is 26.1. The van der Waals surface area contributed by atoms with Gasteiger partial charge in [-0.1, -0.05) is 19.9 Å². The number of rotatable bonds is 6. The molecule has 0 aliphatic heterocycles. The summed E-state index contributed by atoms with van der Waals surface area (Å²) in [5.41, 5.74) is 0.537. The average Bonchev–Trinajstić information content (AvgIpc) is 2.86. The number of amides is 1. The fourth-order valence-electron chi connectivity index (χ4n) is 1.94. The first-order valence-corrected chi connectivity index (χ1v) is 9.35. The van der Waals surface area contributed by atoms with Crippen LogP contribution in [0.4, 0.5) is 0 Å². The molecule has 22 heavy (non-hydrogen) atoms. The van der Waals surface area contributed by atoms with Gasteiger partial charge in [-0.2, -0.15) is 0 Å². The van der Waals surface area contributed by atoms with E-state index in [1.165, 1.54) is 17.5 Å². The molecule has 5 nitrogen and oxygen atoms in total. The Hall–Kier alpha value is -1.73. The smallest absolute Gasteiger partial charge is 0.267 e. The fraction of sp³-hybridized carbons (Fsp3) is 0.333. The Morgan fingerprint density at radius 2 is 2.09 bits per heavy atom. The van der Waals surface area contributed by atoms with Crippen LogP contribution in [0.3, 0.4) is 0 Å². The summed E-state index contributed by atoms with van der Waals surface area (Å²) in [6.45, 7) is 4.19. The van der Waals surface area contributed by atoms with Crippen molar-refractivity contribution in [3.05, 3.63) is 52.0 Å². The van der Waals surface area contributed by atoms with Gasteiger partial charge in [0.05, 0.1) is 10.6 Å². The summed E-state index contributed by atoms with van der Waals surface area (Å²) in [5.74, 6) is -0.357. The summed E-state index contributed by atoms with van der Waals surface area (Å²) in [4.78, 5) is 17.4. The molecular formula is C15H18N2O3S2. The highest BCUT2D eigenvalue weighted by atomic mass is 32.2. The topological polar surface area (TPSA) is 76.1 Å². The minimum Gasteiger partial charge on any atom is -0.267 e. The minimum atomic E-state index is -3.73. The predicted molar refractivity (Wildman–Crippen MR) is 87.2 cm³/mol. The molecule has 0 aliphatic rings. The van der Waals surface area contributed by atoms with Gasteiger partial charge in [0.1, 0.15) is 0 Å². The van der Waals surface area contributed by atoms with E-state index in [4.69, 9.17) is 0 Å². The lowest BCUT2D eigenvalue weighted by Gasteiger charge is -2.05. The van der Waals surface area contributed by atoms with E-state index in [0.29, 0.717) is 16.4 Å². The summed E-state index contributed by atoms with van der Waals surface area (Å²) in [6.07, 6.45) is 3.91. The van der Waals surface area contributed by atoms with Crippen molar-refractivity contribution in [3.63, 3.8) is 0 Å². The van der Waals surface area contributed by atoms with E-state index in [1.54, 1.807) is 24.4 Å². The molecule has 0 bridgehead atoms. The molecule has 0 fully saturated rings. The van der Waals surface area contributed by atoms with Crippen LogP contribution in [0.5, 0.6) is 0 Å². The lowest BCUT2D eigenvalue weighted by molar-refractivity contribution is 0.0985. The van der Waals surface area contributed by atoms with Gasteiger partial charge in [-0.05, 0) is 36.1 Å². The number of nitrogens with one attached hydrogen (secondary N) is 1. The number of carbonyl (C=O) groups excluding carboxylic acids is 1. The minimum absolute atomic E-state index is 0.267. The van der Waals surface area contributed by atoms with Crippen LogP contribution in [0.15, 0.2) is 36.7 Å². The van der Waals surface area contributed by atoms with Crippen molar-refractivity contribution in [2.45, 2.75) is 26.0 Å². The molecule has 0 aromatic carbocycles. The van der Waals surface area contributed by atoms with Gasteiger partial charge < -0.3 is 0 Å².